The number of rotatable bonds is 2. The average molecular weight is 344 g/mol. The van der Waals surface area contributed by atoms with Crippen LogP contribution >= 0.6 is 0 Å². The number of hydrogen-bond acceptors (Lipinski definition) is 0. The van der Waals surface area contributed by atoms with Gasteiger partial charge < -0.3 is 0 Å². The summed E-state index contributed by atoms with van der Waals surface area (Å²) in [5.74, 6) is 2.63. The van der Waals surface area contributed by atoms with E-state index >= 15 is 0 Å². The summed E-state index contributed by atoms with van der Waals surface area (Å²) in [4.78, 5) is 0. The first-order valence-corrected chi connectivity index (χ1v) is 8.98. The van der Waals surface area contributed by atoms with Gasteiger partial charge in [0.15, 0.2) is 0 Å². The minimum atomic E-state index is 0. The van der Waals surface area contributed by atoms with Gasteiger partial charge in [-0.3, -0.25) is 0 Å². The molecule has 0 saturated carbocycles. The zero-order chi connectivity index (χ0) is 17.3. The van der Waals surface area contributed by atoms with Crippen LogP contribution in [0.2, 0.25) is 0 Å². The first kappa shape index (κ1) is 20.5. The Morgan fingerprint density at radius 1 is 0.321 bits per heavy atom. The van der Waals surface area contributed by atoms with Crippen molar-refractivity contribution in [3.8, 4) is 0 Å². The molecule has 0 aliphatic heterocycles. The maximum atomic E-state index is 2.25. The van der Waals surface area contributed by atoms with E-state index in [0.29, 0.717) is 0 Å². The van der Waals surface area contributed by atoms with Gasteiger partial charge in [-0.25, -0.2) is 0 Å². The standard InChI is InChI=1S/C26H18.2Li/c1-3-11-19(12-4-1)25-21-15-7-9-17-23(21)26(20-13-5-2-6-14-20)24-18-10-8-16-22(24)25;;/h1-18H;;/q-2;2*+1. The molecular formula is C26H18Li2. The van der Waals surface area contributed by atoms with Crippen LogP contribution in [0.4, 0.5) is 0 Å². The van der Waals surface area contributed by atoms with Gasteiger partial charge in [-0.05, 0) is 0 Å². The topological polar surface area (TPSA) is 0 Å². The summed E-state index contributed by atoms with van der Waals surface area (Å²) in [6.45, 7) is 0. The van der Waals surface area contributed by atoms with E-state index in [1.54, 1.807) is 0 Å². The fraction of sp³-hybridized carbons (Fsp3) is 0. The molecule has 0 nitrogen and oxygen atoms in total. The zero-order valence-corrected chi connectivity index (χ0v) is 16.4. The van der Waals surface area contributed by atoms with Gasteiger partial charge in [-0.1, -0.05) is 71.8 Å². The van der Waals surface area contributed by atoms with Crippen molar-refractivity contribution in [3.05, 3.63) is 154 Å². The molecule has 2 heteroatoms. The normalized spacial score (nSPS) is 11.6. The summed E-state index contributed by atoms with van der Waals surface area (Å²) < 4.78 is 0. The van der Waals surface area contributed by atoms with Crippen LogP contribution in [0.5, 0.6) is 0 Å². The molecule has 0 unspecified atom stereocenters. The second kappa shape index (κ2) is 8.88. The Morgan fingerprint density at radius 3 is 0.857 bits per heavy atom. The van der Waals surface area contributed by atoms with Gasteiger partial charge in [0.2, 0.25) is 0 Å². The van der Waals surface area contributed by atoms with Crippen LogP contribution < -0.4 is 37.7 Å². The molecule has 0 spiro atoms. The maximum Gasteiger partial charge on any atom is 1.00 e. The van der Waals surface area contributed by atoms with Gasteiger partial charge in [-0.2, -0.15) is 0 Å². The van der Waals surface area contributed by atoms with Crippen molar-refractivity contribution >= 4 is 0 Å². The summed E-state index contributed by atoms with van der Waals surface area (Å²) >= 11 is 0. The third-order valence-corrected chi connectivity index (χ3v) is 5.06. The van der Waals surface area contributed by atoms with Crippen LogP contribution in [0.3, 0.4) is 0 Å². The minimum absolute atomic E-state index is 0. The largest absolute Gasteiger partial charge is 1.00 e. The van der Waals surface area contributed by atoms with Crippen LogP contribution in [-0.4, -0.2) is 0 Å². The van der Waals surface area contributed by atoms with Gasteiger partial charge in [0, 0.05) is 0 Å². The number of hydrogen-bond donors (Lipinski definition) is 0. The van der Waals surface area contributed by atoms with Crippen molar-refractivity contribution in [2.45, 2.75) is 0 Å². The van der Waals surface area contributed by atoms with Crippen LogP contribution in [0, 0.1) is 11.8 Å². The van der Waals surface area contributed by atoms with Gasteiger partial charge in [0.1, 0.15) is 0 Å². The molecular weight excluding hydrogens is 326 g/mol. The van der Waals surface area contributed by atoms with Gasteiger partial charge in [0.25, 0.3) is 0 Å². The van der Waals surface area contributed by atoms with E-state index < -0.39 is 0 Å². The van der Waals surface area contributed by atoms with E-state index in [4.69, 9.17) is 0 Å². The molecule has 0 atom stereocenters. The monoisotopic (exact) mass is 344 g/mol. The Balaban J connectivity index is 0.00000112. The molecule has 1 aliphatic carbocycles. The Bertz CT molecular complexity index is 909. The molecule has 0 N–H and O–H groups in total. The van der Waals surface area contributed by atoms with Crippen molar-refractivity contribution in [2.75, 3.05) is 0 Å². The molecule has 28 heavy (non-hydrogen) atoms. The third-order valence-electron chi connectivity index (χ3n) is 5.06. The Hall–Kier alpha value is -2.19. The van der Waals surface area contributed by atoms with Crippen molar-refractivity contribution in [3.63, 3.8) is 0 Å². The van der Waals surface area contributed by atoms with Crippen LogP contribution in [-0.2, 0) is 0 Å². The van der Waals surface area contributed by atoms with E-state index in [1.807, 2.05) is 0 Å². The Morgan fingerprint density at radius 2 is 0.571 bits per heavy atom. The molecule has 0 saturated heterocycles. The van der Waals surface area contributed by atoms with E-state index in [-0.39, 0.29) is 37.7 Å². The second-order valence-corrected chi connectivity index (χ2v) is 6.57. The van der Waals surface area contributed by atoms with Gasteiger partial charge in [-0.15, -0.1) is 82.6 Å². The number of benzene rings is 4. The van der Waals surface area contributed by atoms with Crippen molar-refractivity contribution in [2.24, 2.45) is 0 Å². The first-order valence-electron chi connectivity index (χ1n) is 8.98. The molecule has 0 bridgehead atoms. The summed E-state index contributed by atoms with van der Waals surface area (Å²) in [5, 5.41) is 0. The zero-order valence-electron chi connectivity index (χ0n) is 16.4. The third kappa shape index (κ3) is 3.46. The molecule has 5 rings (SSSR count). The fourth-order valence-electron chi connectivity index (χ4n) is 3.96. The van der Waals surface area contributed by atoms with Crippen molar-refractivity contribution in [1.82, 2.24) is 0 Å². The Kier molecular flexibility index (Phi) is 6.51. The van der Waals surface area contributed by atoms with E-state index in [2.05, 4.69) is 109 Å². The summed E-state index contributed by atoms with van der Waals surface area (Å²) in [6.07, 6.45) is 0. The summed E-state index contributed by atoms with van der Waals surface area (Å²) in [7, 11) is 0. The molecule has 124 valence electrons. The molecule has 4 aromatic carbocycles. The van der Waals surface area contributed by atoms with E-state index in [9.17, 15) is 0 Å². The molecule has 0 radical (unpaired) electrons. The van der Waals surface area contributed by atoms with Crippen LogP contribution in [0.15, 0.2) is 109 Å². The number of fused-ring (bicyclic) bond motifs is 2. The predicted molar refractivity (Wildman–Crippen MR) is 107 cm³/mol. The molecule has 4 aromatic rings. The molecule has 1 aliphatic rings. The predicted octanol–water partition coefficient (Wildman–Crippen LogP) is 0.0464. The van der Waals surface area contributed by atoms with Crippen molar-refractivity contribution in [1.29, 1.82) is 0 Å². The molecule has 0 fully saturated rings. The van der Waals surface area contributed by atoms with Crippen molar-refractivity contribution < 1.29 is 37.7 Å². The van der Waals surface area contributed by atoms with Crippen LogP contribution in [0.1, 0.15) is 33.4 Å². The van der Waals surface area contributed by atoms with E-state index in [1.165, 1.54) is 45.2 Å². The second-order valence-electron chi connectivity index (χ2n) is 6.57. The SMILES string of the molecule is [Li+].[Li+].c1ccc([C-]2c3ccccc3[C-](c3ccccc3)c3ccccc32)cc1. The quantitative estimate of drug-likeness (QED) is 0.314. The fourth-order valence-corrected chi connectivity index (χ4v) is 3.96. The minimum Gasteiger partial charge on any atom is -0.133 e. The average Bonchev–Trinajstić information content (AvgIpc) is 2.73. The molecule has 0 amide bonds. The summed E-state index contributed by atoms with van der Waals surface area (Å²) in [6, 6.07) is 39.0. The van der Waals surface area contributed by atoms with Gasteiger partial charge in [0.05, 0.1) is 0 Å². The molecule has 0 aromatic heterocycles. The molecule has 0 heterocycles. The smallest absolute Gasteiger partial charge is 0.133 e. The first-order chi connectivity index (χ1) is 12.9. The van der Waals surface area contributed by atoms with Gasteiger partial charge >= 0.3 is 37.7 Å². The Labute approximate surface area is 191 Å². The summed E-state index contributed by atoms with van der Waals surface area (Å²) in [5.41, 5.74) is 7.74. The van der Waals surface area contributed by atoms with Crippen LogP contribution in [0.25, 0.3) is 0 Å². The van der Waals surface area contributed by atoms with E-state index in [0.717, 1.165) is 0 Å². The maximum absolute atomic E-state index is 2.25.